The second-order valence-corrected chi connectivity index (χ2v) is 16.0. The van der Waals surface area contributed by atoms with Crippen molar-refractivity contribution in [2.45, 2.75) is 26.8 Å². The summed E-state index contributed by atoms with van der Waals surface area (Å²) in [6.07, 6.45) is 21.6. The molecule has 2 aromatic rings. The van der Waals surface area contributed by atoms with E-state index in [0.29, 0.717) is 17.2 Å². The lowest BCUT2D eigenvalue weighted by Crippen LogP contribution is -2.73. The average molecular weight is 567 g/mol. The highest BCUT2D eigenvalue weighted by atomic mass is 28.3. The minimum atomic E-state index is -2.57. The molecule has 6 nitrogen and oxygen atoms in total. The first-order chi connectivity index (χ1) is 22.9. The molecule has 1 aromatic heterocycles. The molecule has 11 heteroatoms. The van der Waals surface area contributed by atoms with Crippen LogP contribution in [-0.2, 0) is 0 Å². The van der Waals surface area contributed by atoms with Crippen LogP contribution in [0.25, 0.3) is 5.57 Å². The summed E-state index contributed by atoms with van der Waals surface area (Å²) >= 11 is 0. The van der Waals surface area contributed by atoms with Crippen molar-refractivity contribution in [1.82, 2.24) is 23.9 Å². The van der Waals surface area contributed by atoms with E-state index in [2.05, 4.69) is 67.3 Å². The summed E-state index contributed by atoms with van der Waals surface area (Å²) in [5.41, 5.74) is 0.707. The van der Waals surface area contributed by atoms with Gasteiger partial charge in [-0.1, -0.05) is 79.0 Å². The summed E-state index contributed by atoms with van der Waals surface area (Å²) < 4.78 is 67.7. The molecular weight excluding hydrogens is 530 g/mol. The van der Waals surface area contributed by atoms with E-state index in [9.17, 15) is 0 Å². The average Bonchev–Trinajstić information content (AvgIpc) is 3.06. The number of hydrogen-bond acceptors (Lipinski definition) is 6. The molecule has 6 aliphatic heterocycles. The standard InChI is InChI=1S/C31H31B4N5OSi/c1-24-13-14-27-30(41-31-28(42(27,3)4)12-11-18-36-31)29(24)26-23-40-34-17-7-9-20-38(34)32-15-5-8-19-37(32)33-16-6-10-21-39(33)35(40)22-25(26)2/h5-23H,1-4H3/i1D3,2D3. The van der Waals surface area contributed by atoms with Crippen molar-refractivity contribution >= 4 is 52.0 Å². The van der Waals surface area contributed by atoms with Gasteiger partial charge in [-0.3, -0.25) is 0 Å². The van der Waals surface area contributed by atoms with E-state index in [1.807, 2.05) is 67.1 Å². The van der Waals surface area contributed by atoms with Gasteiger partial charge in [0.25, 0.3) is 0 Å². The third kappa shape index (κ3) is 3.65. The van der Waals surface area contributed by atoms with Crippen molar-refractivity contribution in [2.75, 3.05) is 0 Å². The monoisotopic (exact) mass is 567 g/mol. The Morgan fingerprint density at radius 1 is 0.762 bits per heavy atom. The molecule has 0 aliphatic carbocycles. The topological polar surface area (TPSA) is 35.1 Å². The molecule has 7 heterocycles. The van der Waals surface area contributed by atoms with E-state index >= 15 is 0 Å². The van der Waals surface area contributed by atoms with E-state index in [1.54, 1.807) is 18.2 Å². The third-order valence-electron chi connectivity index (χ3n) is 9.03. The molecule has 0 N–H and O–H groups in total. The van der Waals surface area contributed by atoms with Gasteiger partial charge in [0.2, 0.25) is 5.88 Å². The Balaban J connectivity index is 1.40. The number of ether oxygens (including phenoxy) is 1. The Bertz CT molecular complexity index is 1960. The Morgan fingerprint density at radius 2 is 1.43 bits per heavy atom. The van der Waals surface area contributed by atoms with Crippen LogP contribution >= 0.6 is 0 Å². The largest absolute Gasteiger partial charge is 0.439 e. The lowest BCUT2D eigenvalue weighted by Gasteiger charge is -2.53. The molecule has 0 unspecified atom stereocenters. The van der Waals surface area contributed by atoms with Gasteiger partial charge in [0.15, 0.2) is 0 Å². The van der Waals surface area contributed by atoms with Crippen LogP contribution in [0.15, 0.2) is 121 Å². The molecule has 6 aliphatic rings. The highest BCUT2D eigenvalue weighted by Gasteiger charge is 2.50. The lowest BCUT2D eigenvalue weighted by molar-refractivity contribution is 0.465. The summed E-state index contributed by atoms with van der Waals surface area (Å²) in [4.78, 5) is 4.54. The van der Waals surface area contributed by atoms with Crippen LogP contribution < -0.4 is 15.1 Å². The number of fused-ring (bicyclic) bond motifs is 10. The maximum absolute atomic E-state index is 8.84. The van der Waals surface area contributed by atoms with Crippen LogP contribution in [0.4, 0.5) is 0 Å². The molecule has 202 valence electrons. The van der Waals surface area contributed by atoms with Gasteiger partial charge in [-0.25, -0.2) is 4.98 Å². The molecule has 0 bridgehead atoms. The molecular formula is C31H31B4N5OSi. The number of nitrogens with zero attached hydrogens (tertiary/aromatic N) is 5. The maximum Gasteiger partial charge on any atom is 0.380 e. The van der Waals surface area contributed by atoms with Crippen molar-refractivity contribution in [2.24, 2.45) is 0 Å². The Morgan fingerprint density at radius 3 is 2.10 bits per heavy atom. The molecule has 0 amide bonds. The molecule has 0 saturated carbocycles. The third-order valence-corrected chi connectivity index (χ3v) is 12.5. The van der Waals surface area contributed by atoms with Gasteiger partial charge in [0.05, 0.1) is 0 Å². The fourth-order valence-corrected chi connectivity index (χ4v) is 9.62. The van der Waals surface area contributed by atoms with Gasteiger partial charge in [-0.05, 0) is 73.5 Å². The smallest absolute Gasteiger partial charge is 0.380 e. The van der Waals surface area contributed by atoms with Crippen molar-refractivity contribution in [3.05, 3.63) is 132 Å². The fraction of sp³-hybridized carbons (Fsp3) is 0.129. The molecule has 0 spiro atoms. The Kier molecular flexibility index (Phi) is 4.43. The zero-order valence-electron chi connectivity index (χ0n) is 29.4. The predicted octanol–water partition coefficient (Wildman–Crippen LogP) is 4.20. The second kappa shape index (κ2) is 9.39. The maximum atomic E-state index is 8.84. The first kappa shape index (κ1) is 19.8. The van der Waals surface area contributed by atoms with E-state index in [0.717, 1.165) is 10.4 Å². The SMILES string of the molecule is [2H]C([2H])([2H])C1=CB2N3C=CC=CB3N3C=CC=CB3N3C=CC=CB3N2C=C1c1c(C([2H])([2H])[2H])ccc2c1Oc1ncccc1[Si]2(C)C. The van der Waals surface area contributed by atoms with Gasteiger partial charge in [-0.15, -0.1) is 0 Å². The van der Waals surface area contributed by atoms with E-state index < -0.39 is 28.8 Å². The number of aryl methyl sites for hydroxylation is 1. The number of pyridine rings is 1. The molecule has 1 saturated heterocycles. The molecule has 1 fully saturated rings. The summed E-state index contributed by atoms with van der Waals surface area (Å²) in [7, 11) is -2.44. The number of allylic oxidation sites excluding steroid dienone is 8. The number of rotatable bonds is 1. The zero-order valence-corrected chi connectivity index (χ0v) is 24.4. The summed E-state index contributed by atoms with van der Waals surface area (Å²) in [6, 6.07) is 7.39. The van der Waals surface area contributed by atoms with Crippen molar-refractivity contribution < 1.29 is 13.0 Å². The number of hydrogen-bond donors (Lipinski definition) is 0. The second-order valence-electron chi connectivity index (χ2n) is 11.7. The van der Waals surface area contributed by atoms with Gasteiger partial charge in [0, 0.05) is 30.7 Å². The van der Waals surface area contributed by atoms with E-state index in [4.69, 9.17) is 13.0 Å². The molecule has 8 rings (SSSR count). The van der Waals surface area contributed by atoms with Gasteiger partial charge in [0.1, 0.15) is 13.8 Å². The summed E-state index contributed by atoms with van der Waals surface area (Å²) in [5, 5.41) is 1.90. The van der Waals surface area contributed by atoms with Crippen molar-refractivity contribution in [3.8, 4) is 11.6 Å². The van der Waals surface area contributed by atoms with Gasteiger partial charge >= 0.3 is 27.9 Å². The Hall–Kier alpha value is -4.23. The first-order valence-corrected chi connectivity index (χ1v) is 17.3. The van der Waals surface area contributed by atoms with Crippen molar-refractivity contribution in [3.63, 3.8) is 0 Å². The Labute approximate surface area is 259 Å². The molecule has 42 heavy (non-hydrogen) atoms. The summed E-state index contributed by atoms with van der Waals surface area (Å²) in [5.74, 6) is 8.92. The highest BCUT2D eigenvalue weighted by molar-refractivity contribution is 7.01. The van der Waals surface area contributed by atoms with Gasteiger partial charge < -0.3 is 23.6 Å². The van der Waals surface area contributed by atoms with Crippen molar-refractivity contribution in [1.29, 1.82) is 0 Å². The van der Waals surface area contributed by atoms with Crippen LogP contribution in [0.1, 0.15) is 26.2 Å². The molecule has 0 atom stereocenters. The first-order valence-electron chi connectivity index (χ1n) is 17.3. The fourth-order valence-electron chi connectivity index (χ4n) is 6.92. The van der Waals surface area contributed by atoms with Crippen LogP contribution in [0, 0.1) is 6.85 Å². The number of benzene rings is 1. The highest BCUT2D eigenvalue weighted by Crippen LogP contribution is 2.41. The van der Waals surface area contributed by atoms with E-state index in [-0.39, 0.29) is 37.6 Å². The minimum Gasteiger partial charge on any atom is -0.439 e. The molecule has 0 radical (unpaired) electrons. The van der Waals surface area contributed by atoms with Crippen LogP contribution in [0.3, 0.4) is 0 Å². The van der Waals surface area contributed by atoms with Crippen LogP contribution in [-0.4, -0.2) is 59.9 Å². The summed E-state index contributed by atoms with van der Waals surface area (Å²) in [6.45, 7) is -1.99. The quantitative estimate of drug-likeness (QED) is 0.482. The lowest BCUT2D eigenvalue weighted by atomic mass is 9.41. The zero-order chi connectivity index (χ0) is 33.6. The van der Waals surface area contributed by atoms with Crippen LogP contribution in [0.5, 0.6) is 11.6 Å². The minimum absolute atomic E-state index is 0.0402. The van der Waals surface area contributed by atoms with Gasteiger partial charge in [-0.2, -0.15) is 0 Å². The van der Waals surface area contributed by atoms with E-state index in [1.165, 1.54) is 0 Å². The molecule has 1 aromatic carbocycles. The normalized spacial score (nSPS) is 23.3. The number of aromatic nitrogens is 1. The van der Waals surface area contributed by atoms with Crippen LogP contribution in [0.2, 0.25) is 13.1 Å². The predicted molar refractivity (Wildman–Crippen MR) is 179 cm³/mol.